The van der Waals surface area contributed by atoms with Crippen LogP contribution in [0.25, 0.3) is 16.9 Å². The number of aliphatic carboxylic acids is 1. The molecule has 3 N–H and O–H groups in total. The Morgan fingerprint density at radius 3 is 2.56 bits per heavy atom. The van der Waals surface area contributed by atoms with E-state index in [0.717, 1.165) is 23.3 Å². The van der Waals surface area contributed by atoms with Gasteiger partial charge in [-0.25, -0.2) is 4.79 Å². The van der Waals surface area contributed by atoms with Gasteiger partial charge in [0.1, 0.15) is 0 Å². The van der Waals surface area contributed by atoms with Crippen molar-refractivity contribution < 1.29 is 27.9 Å². The van der Waals surface area contributed by atoms with Gasteiger partial charge in [0.15, 0.2) is 0 Å². The number of rotatable bonds is 4. The summed E-state index contributed by atoms with van der Waals surface area (Å²) in [6.45, 7) is 2.72. The molecule has 0 aliphatic heterocycles. The zero-order valence-corrected chi connectivity index (χ0v) is 14.2. The van der Waals surface area contributed by atoms with Crippen LogP contribution < -0.4 is 5.32 Å². The lowest BCUT2D eigenvalue weighted by molar-refractivity contribution is -0.192. The molecule has 0 radical (unpaired) electrons. The summed E-state index contributed by atoms with van der Waals surface area (Å²) in [5.41, 5.74) is 3.40. The Bertz CT molecular complexity index is 917. The van der Waals surface area contributed by atoms with E-state index in [4.69, 9.17) is 9.90 Å². The van der Waals surface area contributed by atoms with E-state index in [0.29, 0.717) is 12.1 Å². The van der Waals surface area contributed by atoms with E-state index in [1.54, 1.807) is 6.20 Å². The van der Waals surface area contributed by atoms with Gasteiger partial charge in [0.2, 0.25) is 0 Å². The Kier molecular flexibility index (Phi) is 6.22. The van der Waals surface area contributed by atoms with Crippen LogP contribution in [0.5, 0.6) is 0 Å². The molecule has 0 aromatic carbocycles. The summed E-state index contributed by atoms with van der Waals surface area (Å²) in [6, 6.07) is 9.61. The maximum absolute atomic E-state index is 12.3. The Labute approximate surface area is 151 Å². The van der Waals surface area contributed by atoms with Crippen LogP contribution in [0.15, 0.2) is 42.7 Å². The first-order chi connectivity index (χ1) is 12.8. The number of hydrogen-bond acceptors (Lipinski definition) is 3. The summed E-state index contributed by atoms with van der Waals surface area (Å²) in [5, 5.41) is 17.0. The van der Waals surface area contributed by atoms with Crippen LogP contribution in [0.4, 0.5) is 13.2 Å². The fourth-order valence-corrected chi connectivity index (χ4v) is 2.27. The molecule has 10 heteroatoms. The van der Waals surface area contributed by atoms with Crippen molar-refractivity contribution in [3.8, 4) is 11.4 Å². The van der Waals surface area contributed by atoms with Crippen LogP contribution in [0.1, 0.15) is 23.7 Å². The molecule has 3 aromatic rings. The van der Waals surface area contributed by atoms with Crippen molar-refractivity contribution in [2.75, 3.05) is 6.54 Å². The first kappa shape index (κ1) is 20.0. The molecule has 3 rings (SSSR count). The zero-order valence-electron chi connectivity index (χ0n) is 14.2. The fraction of sp³-hybridized carbons (Fsp3) is 0.235. The fourth-order valence-electron chi connectivity index (χ4n) is 2.27. The van der Waals surface area contributed by atoms with Gasteiger partial charge in [0.25, 0.3) is 5.91 Å². The second-order valence-electron chi connectivity index (χ2n) is 5.43. The molecule has 0 aliphatic carbocycles. The molecule has 0 aliphatic rings. The lowest BCUT2D eigenvalue weighted by Gasteiger charge is -2.02. The van der Waals surface area contributed by atoms with E-state index in [1.165, 1.54) is 0 Å². The number of nitrogens with one attached hydrogen (secondary N) is 2. The summed E-state index contributed by atoms with van der Waals surface area (Å²) < 4.78 is 33.7. The van der Waals surface area contributed by atoms with Crippen LogP contribution in [-0.4, -0.2) is 44.3 Å². The molecule has 0 saturated carbocycles. The number of H-pyrrole nitrogens is 1. The first-order valence-corrected chi connectivity index (χ1v) is 7.93. The van der Waals surface area contributed by atoms with Gasteiger partial charge in [-0.2, -0.15) is 18.3 Å². The largest absolute Gasteiger partial charge is 0.490 e. The van der Waals surface area contributed by atoms with E-state index in [9.17, 15) is 18.0 Å². The standard InChI is InChI=1S/C15H16N4O.C2HF3O2/c1-2-7-16-15(20)11-10-14(12-6-8-17-18-12)19-9-4-3-5-13(11)19;3-2(4,5)1(6)7/h3-6,8-10H,2,7H2,1H3,(H,16,20)(H,17,18);(H,6,7). The smallest absolute Gasteiger partial charge is 0.475 e. The highest BCUT2D eigenvalue weighted by Gasteiger charge is 2.38. The van der Waals surface area contributed by atoms with Gasteiger partial charge in [0.05, 0.1) is 22.5 Å². The number of halogens is 3. The second kappa shape index (κ2) is 8.39. The molecule has 0 bridgehead atoms. The van der Waals surface area contributed by atoms with Crippen molar-refractivity contribution in [3.63, 3.8) is 0 Å². The number of pyridine rings is 1. The van der Waals surface area contributed by atoms with Crippen molar-refractivity contribution in [2.24, 2.45) is 0 Å². The lowest BCUT2D eigenvalue weighted by Crippen LogP contribution is -2.23. The molecule has 7 nitrogen and oxygen atoms in total. The SMILES string of the molecule is CCCNC(=O)c1cc(-c2ccn[nH]2)n2ccccc12.O=C(O)C(F)(F)F. The molecular formula is C17H17F3N4O3. The minimum atomic E-state index is -5.08. The summed E-state index contributed by atoms with van der Waals surface area (Å²) in [4.78, 5) is 21.1. The molecule has 3 aromatic heterocycles. The monoisotopic (exact) mass is 382 g/mol. The minimum Gasteiger partial charge on any atom is -0.475 e. The van der Waals surface area contributed by atoms with Gasteiger partial charge < -0.3 is 14.8 Å². The highest BCUT2D eigenvalue weighted by Crippen LogP contribution is 2.24. The molecular weight excluding hydrogens is 365 g/mol. The molecule has 0 spiro atoms. The second-order valence-corrected chi connectivity index (χ2v) is 5.43. The van der Waals surface area contributed by atoms with Gasteiger partial charge in [-0.15, -0.1) is 0 Å². The third kappa shape index (κ3) is 4.87. The molecule has 1 amide bonds. The van der Waals surface area contributed by atoms with Crippen LogP contribution in [0.2, 0.25) is 0 Å². The highest BCUT2D eigenvalue weighted by atomic mass is 19.4. The van der Waals surface area contributed by atoms with E-state index in [1.807, 2.05) is 47.9 Å². The quantitative estimate of drug-likeness (QED) is 0.646. The average molecular weight is 382 g/mol. The molecule has 0 fully saturated rings. The van der Waals surface area contributed by atoms with Gasteiger partial charge in [-0.05, 0) is 30.7 Å². The number of carbonyl (C=O) groups excluding carboxylic acids is 1. The Balaban J connectivity index is 0.000000321. The van der Waals surface area contributed by atoms with Gasteiger partial charge >= 0.3 is 12.1 Å². The van der Waals surface area contributed by atoms with Gasteiger partial charge in [-0.3, -0.25) is 9.89 Å². The zero-order chi connectivity index (χ0) is 20.0. The number of alkyl halides is 3. The van der Waals surface area contributed by atoms with Crippen molar-refractivity contribution in [1.82, 2.24) is 19.9 Å². The normalized spacial score (nSPS) is 11.0. The lowest BCUT2D eigenvalue weighted by atomic mass is 10.2. The van der Waals surface area contributed by atoms with Crippen LogP contribution in [-0.2, 0) is 4.79 Å². The number of nitrogens with zero attached hydrogens (tertiary/aromatic N) is 2. The highest BCUT2D eigenvalue weighted by molar-refractivity contribution is 6.02. The Morgan fingerprint density at radius 1 is 1.30 bits per heavy atom. The van der Waals surface area contributed by atoms with Crippen LogP contribution >= 0.6 is 0 Å². The maximum Gasteiger partial charge on any atom is 0.490 e. The topological polar surface area (TPSA) is 99.5 Å². The van der Waals surface area contributed by atoms with Crippen LogP contribution in [0.3, 0.4) is 0 Å². The predicted molar refractivity (Wildman–Crippen MR) is 91.3 cm³/mol. The minimum absolute atomic E-state index is 0.0404. The summed E-state index contributed by atoms with van der Waals surface area (Å²) >= 11 is 0. The molecule has 0 atom stereocenters. The van der Waals surface area contributed by atoms with Crippen molar-refractivity contribution in [2.45, 2.75) is 19.5 Å². The number of fused-ring (bicyclic) bond motifs is 1. The third-order valence-electron chi connectivity index (χ3n) is 3.48. The molecule has 27 heavy (non-hydrogen) atoms. The van der Waals surface area contributed by atoms with E-state index in [-0.39, 0.29) is 5.91 Å². The third-order valence-corrected chi connectivity index (χ3v) is 3.48. The summed E-state index contributed by atoms with van der Waals surface area (Å²) in [6.07, 6.45) is -0.512. The van der Waals surface area contributed by atoms with Crippen molar-refractivity contribution >= 4 is 17.4 Å². The van der Waals surface area contributed by atoms with E-state index >= 15 is 0 Å². The summed E-state index contributed by atoms with van der Waals surface area (Å²) in [7, 11) is 0. The molecule has 3 heterocycles. The van der Waals surface area contributed by atoms with Gasteiger partial charge in [0, 0.05) is 18.9 Å². The number of carboxylic acid groups (broad SMARTS) is 1. The Hall–Kier alpha value is -3.30. The van der Waals surface area contributed by atoms with E-state index < -0.39 is 12.1 Å². The number of aromatic nitrogens is 3. The summed E-state index contributed by atoms with van der Waals surface area (Å²) in [5.74, 6) is -2.80. The first-order valence-electron chi connectivity index (χ1n) is 7.93. The number of hydrogen-bond donors (Lipinski definition) is 3. The molecule has 0 unspecified atom stereocenters. The number of amides is 1. The average Bonchev–Trinajstić information content (AvgIpc) is 3.26. The van der Waals surface area contributed by atoms with E-state index in [2.05, 4.69) is 15.5 Å². The number of carbonyl (C=O) groups is 2. The number of carboxylic acids is 1. The predicted octanol–water partition coefficient (Wildman–Crippen LogP) is 3.10. The molecule has 0 saturated heterocycles. The van der Waals surface area contributed by atoms with Gasteiger partial charge in [-0.1, -0.05) is 13.0 Å². The Morgan fingerprint density at radius 2 is 2.00 bits per heavy atom. The van der Waals surface area contributed by atoms with Crippen molar-refractivity contribution in [3.05, 3.63) is 48.3 Å². The van der Waals surface area contributed by atoms with Crippen LogP contribution in [0, 0.1) is 0 Å². The molecule has 144 valence electrons. The maximum atomic E-state index is 12.3. The van der Waals surface area contributed by atoms with Crippen molar-refractivity contribution in [1.29, 1.82) is 0 Å². The number of aromatic amines is 1.